The second-order valence-electron chi connectivity index (χ2n) is 10.9. The van der Waals surface area contributed by atoms with Crippen LogP contribution in [0.3, 0.4) is 0 Å². The number of nitrogens with one attached hydrogen (secondary N) is 3. The van der Waals surface area contributed by atoms with Crippen molar-refractivity contribution >= 4 is 17.0 Å². The minimum absolute atomic E-state index is 0.0422. The Morgan fingerprint density at radius 2 is 1.60 bits per heavy atom. The number of halogens is 2. The van der Waals surface area contributed by atoms with Crippen molar-refractivity contribution in [2.45, 2.75) is 57.1 Å². The molecule has 0 spiro atoms. The molecule has 4 aromatic rings. The van der Waals surface area contributed by atoms with E-state index in [2.05, 4.69) is 15.6 Å². The Balaban J connectivity index is 1.12. The van der Waals surface area contributed by atoms with Gasteiger partial charge in [-0.25, -0.2) is 13.6 Å². The number of phenols is 1. The molecule has 0 saturated carbocycles. The number of aliphatic hydroxyl groups excluding tert-OH is 1. The van der Waals surface area contributed by atoms with E-state index in [9.17, 15) is 29.3 Å². The Bertz CT molecular complexity index is 1620. The Kier molecular flexibility index (Phi) is 12.3. The number of phenolic OH excluding ortho intramolecular Hbond substituents is 1. The van der Waals surface area contributed by atoms with E-state index in [0.717, 1.165) is 51.1 Å². The number of carbonyl (C=O) groups is 1. The van der Waals surface area contributed by atoms with Gasteiger partial charge in [0.15, 0.2) is 11.6 Å². The molecule has 2 unspecified atom stereocenters. The third-order valence-corrected chi connectivity index (χ3v) is 7.64. The van der Waals surface area contributed by atoms with Crippen LogP contribution in [0, 0.1) is 11.6 Å². The van der Waals surface area contributed by atoms with Crippen LogP contribution in [0.2, 0.25) is 0 Å². The van der Waals surface area contributed by atoms with Crippen LogP contribution in [0.1, 0.15) is 73.8 Å². The molecule has 4 rings (SSSR count). The Morgan fingerprint density at radius 3 is 2.33 bits per heavy atom. The van der Waals surface area contributed by atoms with E-state index in [-0.39, 0.29) is 23.7 Å². The SMILES string of the molecule is O=C(O)NC(c1ccccc1)c1c(F)ccc(OCCCCCCCCCNCC(O)c2ccc(O)c3[nH]c(=O)ccc23)c1F. The minimum atomic E-state index is -1.40. The monoisotopic (exact) mass is 623 g/mol. The fraction of sp³-hybridized carbons (Fsp3) is 0.353. The van der Waals surface area contributed by atoms with E-state index in [1.165, 1.54) is 18.2 Å². The Labute approximate surface area is 259 Å². The van der Waals surface area contributed by atoms with Gasteiger partial charge in [0, 0.05) is 18.0 Å². The summed E-state index contributed by atoms with van der Waals surface area (Å²) in [6.07, 6.45) is 4.45. The van der Waals surface area contributed by atoms with E-state index >= 15 is 4.39 Å². The van der Waals surface area contributed by atoms with Crippen LogP contribution in [-0.4, -0.2) is 46.1 Å². The first-order valence-corrected chi connectivity index (χ1v) is 15.1. The van der Waals surface area contributed by atoms with Crippen molar-refractivity contribution < 1.29 is 33.6 Å². The number of fused-ring (bicyclic) bond motifs is 1. The number of aromatic nitrogens is 1. The van der Waals surface area contributed by atoms with Crippen molar-refractivity contribution in [1.29, 1.82) is 0 Å². The fourth-order valence-corrected chi connectivity index (χ4v) is 5.33. The smallest absolute Gasteiger partial charge is 0.405 e. The highest BCUT2D eigenvalue weighted by Gasteiger charge is 2.26. The summed E-state index contributed by atoms with van der Waals surface area (Å²) in [5.41, 5.74) is 0.619. The third kappa shape index (κ3) is 9.26. The van der Waals surface area contributed by atoms with Crippen molar-refractivity contribution in [2.75, 3.05) is 19.7 Å². The molecule has 240 valence electrons. The number of rotatable bonds is 17. The molecule has 6 N–H and O–H groups in total. The van der Waals surface area contributed by atoms with E-state index in [0.29, 0.717) is 35.0 Å². The topological polar surface area (TPSA) is 144 Å². The van der Waals surface area contributed by atoms with Gasteiger partial charge in [-0.1, -0.05) is 68.5 Å². The molecule has 3 aromatic carbocycles. The van der Waals surface area contributed by atoms with E-state index < -0.39 is 35.4 Å². The maximum absolute atomic E-state index is 15.3. The molecule has 0 bridgehead atoms. The van der Waals surface area contributed by atoms with Crippen molar-refractivity contribution in [3.63, 3.8) is 0 Å². The highest BCUT2D eigenvalue weighted by molar-refractivity contribution is 5.87. The number of amides is 1. The standard InChI is InChI=1S/C34H39F2N3O6/c35-25-15-17-28(31(36)30(25)32(39-34(43)44)22-11-7-6-8-12-22)45-20-10-5-3-1-2-4-9-19-37-21-27(41)23-13-16-26(40)33-24(23)14-18-29(42)38-33/h6-8,11-18,27,32,37,39-41H,1-5,9-10,19-21H2,(H,38,42)(H,43,44). The normalized spacial score (nSPS) is 12.6. The van der Waals surface area contributed by atoms with Crippen molar-refractivity contribution in [3.05, 3.63) is 105 Å². The number of carboxylic acid groups (broad SMARTS) is 1. The highest BCUT2D eigenvalue weighted by Crippen LogP contribution is 2.32. The van der Waals surface area contributed by atoms with E-state index in [1.807, 2.05) is 0 Å². The maximum atomic E-state index is 15.3. The molecule has 1 aromatic heterocycles. The summed E-state index contributed by atoms with van der Waals surface area (Å²) in [4.78, 5) is 25.5. The fourth-order valence-electron chi connectivity index (χ4n) is 5.33. The highest BCUT2D eigenvalue weighted by atomic mass is 19.1. The number of H-pyrrole nitrogens is 1. The number of aromatic hydroxyl groups is 1. The Hall–Kier alpha value is -4.48. The largest absolute Gasteiger partial charge is 0.506 e. The lowest BCUT2D eigenvalue weighted by Crippen LogP contribution is -2.29. The molecule has 0 aliphatic carbocycles. The second-order valence-corrected chi connectivity index (χ2v) is 10.9. The van der Waals surface area contributed by atoms with Crippen molar-refractivity contribution in [1.82, 2.24) is 15.6 Å². The average molecular weight is 624 g/mol. The quantitative estimate of drug-likeness (QED) is 0.0758. The van der Waals surface area contributed by atoms with Gasteiger partial charge in [-0.05, 0) is 54.8 Å². The molecule has 1 heterocycles. The molecule has 1 amide bonds. The van der Waals surface area contributed by atoms with Gasteiger partial charge < -0.3 is 35.7 Å². The van der Waals surface area contributed by atoms with Gasteiger partial charge in [0.25, 0.3) is 0 Å². The predicted molar refractivity (Wildman–Crippen MR) is 168 cm³/mol. The zero-order valence-electron chi connectivity index (χ0n) is 24.9. The van der Waals surface area contributed by atoms with Gasteiger partial charge in [-0.2, -0.15) is 0 Å². The molecule has 0 aliphatic rings. The maximum Gasteiger partial charge on any atom is 0.405 e. The van der Waals surface area contributed by atoms with Crippen LogP contribution in [-0.2, 0) is 0 Å². The molecule has 2 atom stereocenters. The van der Waals surface area contributed by atoms with Gasteiger partial charge in [-0.3, -0.25) is 4.79 Å². The summed E-state index contributed by atoms with van der Waals surface area (Å²) in [5, 5.41) is 36.0. The van der Waals surface area contributed by atoms with Gasteiger partial charge in [-0.15, -0.1) is 0 Å². The van der Waals surface area contributed by atoms with Crippen LogP contribution in [0.25, 0.3) is 10.9 Å². The number of ether oxygens (including phenoxy) is 1. The van der Waals surface area contributed by atoms with Crippen LogP contribution >= 0.6 is 0 Å². The zero-order valence-corrected chi connectivity index (χ0v) is 24.9. The number of unbranched alkanes of at least 4 members (excludes halogenated alkanes) is 6. The summed E-state index contributed by atoms with van der Waals surface area (Å²) in [6, 6.07) is 15.4. The first-order valence-electron chi connectivity index (χ1n) is 15.1. The number of pyridine rings is 1. The van der Waals surface area contributed by atoms with Crippen LogP contribution < -0.4 is 20.9 Å². The van der Waals surface area contributed by atoms with Crippen molar-refractivity contribution in [2.24, 2.45) is 0 Å². The summed E-state index contributed by atoms with van der Waals surface area (Å²) in [5.74, 6) is -1.95. The average Bonchev–Trinajstić information content (AvgIpc) is 3.02. The van der Waals surface area contributed by atoms with Gasteiger partial charge >= 0.3 is 6.09 Å². The second kappa shape index (κ2) is 16.6. The zero-order chi connectivity index (χ0) is 32.2. The van der Waals surface area contributed by atoms with Crippen LogP contribution in [0.4, 0.5) is 13.6 Å². The number of hydrogen-bond acceptors (Lipinski definition) is 6. The first kappa shape index (κ1) is 33.4. The number of aliphatic hydroxyl groups is 1. The molecule has 9 nitrogen and oxygen atoms in total. The van der Waals surface area contributed by atoms with Crippen molar-refractivity contribution in [3.8, 4) is 11.5 Å². The lowest BCUT2D eigenvalue weighted by Gasteiger charge is -2.20. The Morgan fingerprint density at radius 1 is 0.889 bits per heavy atom. The third-order valence-electron chi connectivity index (χ3n) is 7.64. The summed E-state index contributed by atoms with van der Waals surface area (Å²) >= 11 is 0. The van der Waals surface area contributed by atoms with Gasteiger partial charge in [0.2, 0.25) is 5.56 Å². The van der Waals surface area contributed by atoms with Gasteiger partial charge in [0.1, 0.15) is 11.6 Å². The van der Waals surface area contributed by atoms with Crippen LogP contribution in [0.15, 0.2) is 71.5 Å². The molecule has 0 saturated heterocycles. The molecule has 0 radical (unpaired) electrons. The summed E-state index contributed by atoms with van der Waals surface area (Å²) in [6.45, 7) is 1.34. The summed E-state index contributed by atoms with van der Waals surface area (Å²) < 4.78 is 35.6. The van der Waals surface area contributed by atoms with Crippen LogP contribution in [0.5, 0.6) is 11.5 Å². The lowest BCUT2D eigenvalue weighted by molar-refractivity contribution is 0.176. The number of benzene rings is 3. The van der Waals surface area contributed by atoms with Gasteiger partial charge in [0.05, 0.1) is 29.8 Å². The molecule has 0 aliphatic heterocycles. The molecule has 45 heavy (non-hydrogen) atoms. The lowest BCUT2D eigenvalue weighted by atomic mass is 9.97. The van der Waals surface area contributed by atoms with E-state index in [1.54, 1.807) is 42.5 Å². The number of aromatic amines is 1. The molecular formula is C34H39F2N3O6. The predicted octanol–water partition coefficient (Wildman–Crippen LogP) is 6.30. The minimum Gasteiger partial charge on any atom is -0.506 e. The summed E-state index contributed by atoms with van der Waals surface area (Å²) in [7, 11) is 0. The molecule has 11 heteroatoms. The molecular weight excluding hydrogens is 584 g/mol. The van der Waals surface area contributed by atoms with E-state index in [4.69, 9.17) is 4.74 Å². The molecule has 0 fully saturated rings. The first-order chi connectivity index (χ1) is 21.8. The number of hydrogen-bond donors (Lipinski definition) is 6.